The number of Topliss-reactive ketones (excluding diaryl/α,β-unsaturated/α-hetero) is 2. The molecular weight excluding hydrogens is 447 g/mol. The van der Waals surface area contributed by atoms with Gasteiger partial charge in [0.1, 0.15) is 28.7 Å². The number of nitrogens with two attached hydrogens (primary N) is 1. The summed E-state index contributed by atoms with van der Waals surface area (Å²) in [4.78, 5) is 40.0. The Kier molecular flexibility index (Phi) is 5.77. The number of hydrogen-bond donors (Lipinski definition) is 5. The van der Waals surface area contributed by atoms with Gasteiger partial charge in [0, 0.05) is 23.5 Å². The average molecular weight is 474 g/mol. The van der Waals surface area contributed by atoms with E-state index in [1.165, 1.54) is 6.07 Å². The van der Waals surface area contributed by atoms with Crippen LogP contribution in [0.3, 0.4) is 0 Å². The Hall–Kier alpha value is -3.24. The predicted octanol–water partition coefficient (Wildman–Crippen LogP) is 1.21. The van der Waals surface area contributed by atoms with Crippen LogP contribution in [-0.2, 0) is 22.4 Å². The molecule has 9 nitrogen and oxygen atoms in total. The van der Waals surface area contributed by atoms with E-state index in [9.17, 15) is 34.8 Å². The van der Waals surface area contributed by atoms with Crippen LogP contribution in [-0.4, -0.2) is 69.0 Å². The summed E-state index contributed by atoms with van der Waals surface area (Å²) >= 11 is 0. The summed E-state index contributed by atoms with van der Waals surface area (Å²) < 4.78 is 15.0. The summed E-state index contributed by atoms with van der Waals surface area (Å²) in [7, 11) is 3.75. The van der Waals surface area contributed by atoms with E-state index in [-0.39, 0.29) is 41.5 Å². The molecule has 1 aromatic carbocycles. The molecule has 3 atom stereocenters. The Labute approximate surface area is 195 Å². The first-order valence-corrected chi connectivity index (χ1v) is 11.0. The molecule has 4 rings (SSSR count). The Balaban J connectivity index is 1.81. The Bertz CT molecular complexity index is 1190. The van der Waals surface area contributed by atoms with Crippen LogP contribution < -0.4 is 5.73 Å². The number of benzene rings is 1. The third kappa shape index (κ3) is 3.40. The number of phenols is 1. The number of phenolic OH excluding ortho intramolecular Hbond substituents is 1. The molecule has 182 valence electrons. The zero-order chi connectivity index (χ0) is 25.1. The summed E-state index contributed by atoms with van der Waals surface area (Å²) in [5, 5.41) is 43.2. The van der Waals surface area contributed by atoms with Crippen LogP contribution in [0.2, 0.25) is 0 Å². The number of nitrogens with zero attached hydrogens (tertiary/aromatic N) is 1. The van der Waals surface area contributed by atoms with Gasteiger partial charge in [-0.05, 0) is 63.9 Å². The average Bonchev–Trinajstić information content (AvgIpc) is 2.73. The second-order valence-electron chi connectivity index (χ2n) is 9.54. The molecule has 1 unspecified atom stereocenters. The van der Waals surface area contributed by atoms with Gasteiger partial charge in [0.2, 0.25) is 5.78 Å². The maximum absolute atomic E-state index is 15.0. The number of amides is 1. The van der Waals surface area contributed by atoms with Gasteiger partial charge in [-0.1, -0.05) is 0 Å². The minimum Gasteiger partial charge on any atom is -0.511 e. The number of ketones is 2. The van der Waals surface area contributed by atoms with Crippen molar-refractivity contribution in [1.29, 1.82) is 0 Å². The van der Waals surface area contributed by atoms with Crippen LogP contribution in [0.25, 0.3) is 0 Å². The monoisotopic (exact) mass is 474 g/mol. The van der Waals surface area contributed by atoms with Crippen molar-refractivity contribution in [1.82, 2.24) is 4.90 Å². The van der Waals surface area contributed by atoms with Crippen molar-refractivity contribution in [3.63, 3.8) is 0 Å². The number of carbonyl (C=O) groups is 3. The normalized spacial score (nSPS) is 26.5. The largest absolute Gasteiger partial charge is 0.511 e. The van der Waals surface area contributed by atoms with Crippen molar-refractivity contribution < 1.29 is 39.2 Å². The van der Waals surface area contributed by atoms with E-state index in [0.29, 0.717) is 19.4 Å². The molecule has 0 aliphatic heterocycles. The minimum absolute atomic E-state index is 0.00516. The SMILES string of the molecule is CN(C)CCCc1cc(F)c2c(c1O)C(=O)C1=C(O)[C@]3(O)C(=O)C(C(N)=O)=C(O)C[C@@H]3CC1C2. The first-order chi connectivity index (χ1) is 15.9. The third-order valence-corrected chi connectivity index (χ3v) is 7.14. The summed E-state index contributed by atoms with van der Waals surface area (Å²) in [5.41, 5.74) is 1.37. The zero-order valence-electron chi connectivity index (χ0n) is 18.9. The number of aromatic hydroxyl groups is 1. The van der Waals surface area contributed by atoms with Crippen LogP contribution in [0, 0.1) is 17.7 Å². The fourth-order valence-corrected chi connectivity index (χ4v) is 5.47. The molecule has 34 heavy (non-hydrogen) atoms. The molecule has 10 heteroatoms. The molecule has 0 fully saturated rings. The van der Waals surface area contributed by atoms with Crippen LogP contribution in [0.15, 0.2) is 28.7 Å². The zero-order valence-corrected chi connectivity index (χ0v) is 18.9. The van der Waals surface area contributed by atoms with E-state index in [0.717, 1.165) is 0 Å². The number of halogens is 1. The van der Waals surface area contributed by atoms with E-state index >= 15 is 4.39 Å². The van der Waals surface area contributed by atoms with Gasteiger partial charge < -0.3 is 31.1 Å². The highest BCUT2D eigenvalue weighted by Crippen LogP contribution is 2.51. The molecule has 3 aliphatic rings. The van der Waals surface area contributed by atoms with Crippen LogP contribution >= 0.6 is 0 Å². The van der Waals surface area contributed by atoms with Gasteiger partial charge in [0.05, 0.1) is 5.56 Å². The Morgan fingerprint density at radius 2 is 1.91 bits per heavy atom. The van der Waals surface area contributed by atoms with Gasteiger partial charge in [0.25, 0.3) is 5.91 Å². The second-order valence-corrected chi connectivity index (χ2v) is 9.54. The maximum atomic E-state index is 15.0. The highest BCUT2D eigenvalue weighted by molar-refractivity contribution is 6.24. The third-order valence-electron chi connectivity index (χ3n) is 7.14. The summed E-state index contributed by atoms with van der Waals surface area (Å²) in [5.74, 6) is -7.83. The lowest BCUT2D eigenvalue weighted by Gasteiger charge is -2.45. The van der Waals surface area contributed by atoms with Crippen LogP contribution in [0.5, 0.6) is 5.75 Å². The first-order valence-electron chi connectivity index (χ1n) is 11.0. The molecule has 3 aliphatic carbocycles. The molecule has 0 spiro atoms. The Morgan fingerprint density at radius 1 is 1.24 bits per heavy atom. The lowest BCUT2D eigenvalue weighted by Crippen LogP contribution is -2.57. The van der Waals surface area contributed by atoms with Gasteiger partial charge in [0.15, 0.2) is 11.4 Å². The van der Waals surface area contributed by atoms with Crippen molar-refractivity contribution in [2.24, 2.45) is 17.6 Å². The van der Waals surface area contributed by atoms with Crippen molar-refractivity contribution in [2.75, 3.05) is 20.6 Å². The summed E-state index contributed by atoms with van der Waals surface area (Å²) in [6, 6.07) is 1.21. The fourth-order valence-electron chi connectivity index (χ4n) is 5.47. The van der Waals surface area contributed by atoms with Crippen LogP contribution in [0.4, 0.5) is 4.39 Å². The molecule has 0 heterocycles. The van der Waals surface area contributed by atoms with Crippen LogP contribution in [0.1, 0.15) is 40.7 Å². The van der Waals surface area contributed by atoms with E-state index in [1.54, 1.807) is 0 Å². The van der Waals surface area contributed by atoms with Crippen molar-refractivity contribution in [3.8, 4) is 5.75 Å². The summed E-state index contributed by atoms with van der Waals surface area (Å²) in [6.07, 6.45) is 0.505. The van der Waals surface area contributed by atoms with Crippen molar-refractivity contribution in [3.05, 3.63) is 51.2 Å². The smallest absolute Gasteiger partial charge is 0.255 e. The second kappa shape index (κ2) is 8.21. The van der Waals surface area contributed by atoms with Crippen molar-refractivity contribution in [2.45, 2.75) is 37.7 Å². The number of aryl methyl sites for hydroxylation is 1. The number of carbonyl (C=O) groups excluding carboxylic acids is 3. The molecular formula is C24H27FN2O7. The first kappa shape index (κ1) is 23.9. The molecule has 0 saturated heterocycles. The number of aliphatic hydroxyl groups is 3. The van der Waals surface area contributed by atoms with Gasteiger partial charge in [-0.2, -0.15) is 0 Å². The van der Waals surface area contributed by atoms with E-state index in [1.807, 2.05) is 19.0 Å². The number of allylic oxidation sites excluding steroid dienone is 2. The van der Waals surface area contributed by atoms with Crippen molar-refractivity contribution >= 4 is 17.5 Å². The lowest BCUT2D eigenvalue weighted by molar-refractivity contribution is -0.144. The van der Waals surface area contributed by atoms with E-state index in [2.05, 4.69) is 0 Å². The topological polar surface area (TPSA) is 161 Å². The summed E-state index contributed by atoms with van der Waals surface area (Å²) in [6.45, 7) is 0.680. The number of aliphatic hydroxyl groups excluding tert-OH is 2. The Morgan fingerprint density at radius 3 is 2.53 bits per heavy atom. The van der Waals surface area contributed by atoms with Gasteiger partial charge in [-0.3, -0.25) is 14.4 Å². The predicted molar refractivity (Wildman–Crippen MR) is 118 cm³/mol. The molecule has 0 aromatic heterocycles. The van der Waals surface area contributed by atoms with Gasteiger partial charge in [-0.15, -0.1) is 0 Å². The van der Waals surface area contributed by atoms with E-state index < -0.39 is 63.6 Å². The molecule has 1 amide bonds. The molecule has 1 aromatic rings. The molecule has 6 N–H and O–H groups in total. The number of rotatable bonds is 5. The van der Waals surface area contributed by atoms with Gasteiger partial charge >= 0.3 is 0 Å². The minimum atomic E-state index is -2.63. The number of fused-ring (bicyclic) bond motifs is 3. The highest BCUT2D eigenvalue weighted by atomic mass is 19.1. The highest BCUT2D eigenvalue weighted by Gasteiger charge is 2.59. The lowest BCUT2D eigenvalue weighted by atomic mass is 9.60. The molecule has 0 saturated carbocycles. The molecule has 0 radical (unpaired) electrons. The maximum Gasteiger partial charge on any atom is 0.255 e. The quantitative estimate of drug-likeness (QED) is 0.398. The fraction of sp³-hybridized carbons (Fsp3) is 0.458. The van der Waals surface area contributed by atoms with E-state index in [4.69, 9.17) is 5.73 Å². The number of hydrogen-bond acceptors (Lipinski definition) is 8. The molecule has 0 bridgehead atoms. The number of primary amides is 1. The van der Waals surface area contributed by atoms with Gasteiger partial charge in [-0.25, -0.2) is 4.39 Å². The standard InChI is InChI=1S/C24H27FN2O7/c1-27(2)5-3-4-10-8-14(25)13-7-11-6-12-9-15(28)18(23(26)33)22(32)24(12,34)21(31)16(11)20(30)17(13)19(10)29/h8,11-12,28-29,31,34H,3-7,9H2,1-2H3,(H2,26,33)/t11?,12-,24-/m0/s1.